The summed E-state index contributed by atoms with van der Waals surface area (Å²) >= 11 is 13.4. The zero-order valence-corrected chi connectivity index (χ0v) is 16.6. The third-order valence-electron chi connectivity index (χ3n) is 4.04. The van der Waals surface area contributed by atoms with Crippen molar-refractivity contribution in [1.29, 1.82) is 0 Å². The molecule has 0 N–H and O–H groups in total. The lowest BCUT2D eigenvalue weighted by Gasteiger charge is -2.20. The van der Waals surface area contributed by atoms with Gasteiger partial charge in [-0.05, 0) is 42.5 Å². The Morgan fingerprint density at radius 3 is 2.68 bits per heavy atom. The predicted molar refractivity (Wildman–Crippen MR) is 111 cm³/mol. The van der Waals surface area contributed by atoms with Crippen molar-refractivity contribution in [2.75, 3.05) is 4.90 Å². The van der Waals surface area contributed by atoms with Crippen molar-refractivity contribution < 1.29 is 9.18 Å². The maximum Gasteiger partial charge on any atom is 0.261 e. The van der Waals surface area contributed by atoms with Crippen LogP contribution in [0.5, 0.6) is 0 Å². The van der Waals surface area contributed by atoms with E-state index in [0.717, 1.165) is 0 Å². The van der Waals surface area contributed by atoms with Crippen LogP contribution in [0.1, 0.15) is 16.1 Å². The Labute approximate surface area is 174 Å². The zero-order chi connectivity index (χ0) is 19.7. The van der Waals surface area contributed by atoms with Gasteiger partial charge in [-0.3, -0.25) is 14.7 Å². The first-order valence-electron chi connectivity index (χ1n) is 8.25. The standard InChI is InChI=1S/C20H12Cl2FN3OS/c21-12-7-8-14(15(22)10-12)19(27)26(11-13-4-1-2-9-24-13)20-25-18-16(23)5-3-6-17(18)28-20/h1-10H,11H2. The topological polar surface area (TPSA) is 46.1 Å². The first-order valence-corrected chi connectivity index (χ1v) is 9.82. The van der Waals surface area contributed by atoms with E-state index in [1.54, 1.807) is 42.6 Å². The van der Waals surface area contributed by atoms with Gasteiger partial charge in [0.25, 0.3) is 5.91 Å². The number of para-hydroxylation sites is 1. The average molecular weight is 432 g/mol. The van der Waals surface area contributed by atoms with E-state index in [-0.39, 0.29) is 28.6 Å². The number of benzene rings is 2. The molecule has 0 aliphatic rings. The fraction of sp³-hybridized carbons (Fsp3) is 0.0500. The molecule has 4 aromatic rings. The molecule has 4 nitrogen and oxygen atoms in total. The van der Waals surface area contributed by atoms with Crippen LogP contribution in [0.3, 0.4) is 0 Å². The van der Waals surface area contributed by atoms with Crippen LogP contribution >= 0.6 is 34.5 Å². The molecule has 1 amide bonds. The Balaban J connectivity index is 1.80. The predicted octanol–water partition coefficient (Wildman–Crippen LogP) is 5.98. The van der Waals surface area contributed by atoms with Gasteiger partial charge in [-0.25, -0.2) is 9.37 Å². The lowest BCUT2D eigenvalue weighted by Crippen LogP contribution is -2.31. The molecule has 0 fully saturated rings. The quantitative estimate of drug-likeness (QED) is 0.398. The van der Waals surface area contributed by atoms with Gasteiger partial charge in [-0.15, -0.1) is 0 Å². The van der Waals surface area contributed by atoms with Gasteiger partial charge in [0.05, 0.1) is 27.5 Å². The summed E-state index contributed by atoms with van der Waals surface area (Å²) in [6.07, 6.45) is 1.64. The summed E-state index contributed by atoms with van der Waals surface area (Å²) in [5.74, 6) is -0.804. The SMILES string of the molecule is O=C(c1ccc(Cl)cc1Cl)N(Cc1ccccn1)c1nc2c(F)cccc2s1. The Bertz CT molecular complexity index is 1170. The number of carbonyl (C=O) groups excluding carboxylic acids is 1. The highest BCUT2D eigenvalue weighted by Crippen LogP contribution is 2.33. The molecule has 140 valence electrons. The molecule has 2 heterocycles. The molecule has 0 unspecified atom stereocenters. The molecule has 2 aromatic heterocycles. The molecule has 0 saturated carbocycles. The van der Waals surface area contributed by atoms with E-state index in [1.165, 1.54) is 28.4 Å². The second kappa shape index (κ2) is 7.83. The highest BCUT2D eigenvalue weighted by molar-refractivity contribution is 7.22. The summed E-state index contributed by atoms with van der Waals surface area (Å²) in [7, 11) is 0. The van der Waals surface area contributed by atoms with Gasteiger partial charge in [0.15, 0.2) is 5.13 Å². The molecule has 0 saturated heterocycles. The number of halogens is 3. The number of aromatic nitrogens is 2. The summed E-state index contributed by atoms with van der Waals surface area (Å²) in [6, 6.07) is 14.8. The highest BCUT2D eigenvalue weighted by atomic mass is 35.5. The minimum atomic E-state index is -0.435. The third kappa shape index (κ3) is 3.71. The van der Waals surface area contributed by atoms with Crippen LogP contribution in [0.15, 0.2) is 60.8 Å². The van der Waals surface area contributed by atoms with Crippen molar-refractivity contribution in [1.82, 2.24) is 9.97 Å². The van der Waals surface area contributed by atoms with Gasteiger partial charge in [0.1, 0.15) is 11.3 Å². The Kier molecular flexibility index (Phi) is 5.26. The number of hydrogen-bond donors (Lipinski definition) is 0. The van der Waals surface area contributed by atoms with Crippen molar-refractivity contribution in [2.24, 2.45) is 0 Å². The number of fused-ring (bicyclic) bond motifs is 1. The number of rotatable bonds is 4. The number of anilines is 1. The number of amides is 1. The van der Waals surface area contributed by atoms with Crippen molar-refractivity contribution in [2.45, 2.75) is 6.54 Å². The molecular weight excluding hydrogens is 420 g/mol. The minimum Gasteiger partial charge on any atom is -0.278 e. The van der Waals surface area contributed by atoms with Crippen LogP contribution in [0.4, 0.5) is 9.52 Å². The molecule has 2 aromatic carbocycles. The van der Waals surface area contributed by atoms with Gasteiger partial charge < -0.3 is 0 Å². The monoisotopic (exact) mass is 431 g/mol. The maximum absolute atomic E-state index is 14.1. The molecule has 28 heavy (non-hydrogen) atoms. The Hall–Kier alpha value is -2.54. The lowest BCUT2D eigenvalue weighted by molar-refractivity contribution is 0.0985. The zero-order valence-electron chi connectivity index (χ0n) is 14.3. The third-order valence-corrected chi connectivity index (χ3v) is 5.63. The second-order valence-electron chi connectivity index (χ2n) is 5.92. The summed E-state index contributed by atoms with van der Waals surface area (Å²) in [6.45, 7) is 0.167. The molecular formula is C20H12Cl2FN3OS. The summed E-state index contributed by atoms with van der Waals surface area (Å²) in [4.78, 5) is 23.4. The number of pyridine rings is 1. The summed E-state index contributed by atoms with van der Waals surface area (Å²) in [5, 5.41) is 1.03. The van der Waals surface area contributed by atoms with Crippen LogP contribution < -0.4 is 4.90 Å². The summed E-state index contributed by atoms with van der Waals surface area (Å²) < 4.78 is 14.8. The first-order chi connectivity index (χ1) is 13.5. The van der Waals surface area contributed by atoms with Gasteiger partial charge in [-0.2, -0.15) is 0 Å². The van der Waals surface area contributed by atoms with E-state index in [2.05, 4.69) is 9.97 Å². The fourth-order valence-corrected chi connectivity index (χ4v) is 4.17. The van der Waals surface area contributed by atoms with E-state index >= 15 is 0 Å². The molecule has 0 bridgehead atoms. The number of nitrogens with zero attached hydrogens (tertiary/aromatic N) is 3. The maximum atomic E-state index is 14.1. The van der Waals surface area contributed by atoms with E-state index in [4.69, 9.17) is 23.2 Å². The second-order valence-corrected chi connectivity index (χ2v) is 7.77. The Morgan fingerprint density at radius 2 is 1.96 bits per heavy atom. The first kappa shape index (κ1) is 18.8. The molecule has 0 atom stereocenters. The molecule has 0 aliphatic heterocycles. The van der Waals surface area contributed by atoms with Gasteiger partial charge >= 0.3 is 0 Å². The largest absolute Gasteiger partial charge is 0.278 e. The number of carbonyl (C=O) groups is 1. The van der Waals surface area contributed by atoms with Crippen LogP contribution in [-0.2, 0) is 6.54 Å². The molecule has 4 rings (SSSR count). The number of thiazole rings is 1. The van der Waals surface area contributed by atoms with E-state index in [1.807, 2.05) is 6.07 Å². The fourth-order valence-electron chi connectivity index (χ4n) is 2.71. The molecule has 0 aliphatic carbocycles. The Morgan fingerprint density at radius 1 is 1.11 bits per heavy atom. The van der Waals surface area contributed by atoms with Crippen LogP contribution in [0, 0.1) is 5.82 Å². The minimum absolute atomic E-state index is 0.167. The van der Waals surface area contributed by atoms with Crippen molar-refractivity contribution in [3.05, 3.63) is 87.9 Å². The van der Waals surface area contributed by atoms with E-state index in [0.29, 0.717) is 20.5 Å². The van der Waals surface area contributed by atoms with Gasteiger partial charge in [-0.1, -0.05) is 46.7 Å². The van der Waals surface area contributed by atoms with Crippen molar-refractivity contribution in [3.8, 4) is 0 Å². The summed E-state index contributed by atoms with van der Waals surface area (Å²) in [5.41, 5.74) is 1.17. The van der Waals surface area contributed by atoms with Gasteiger partial charge in [0.2, 0.25) is 0 Å². The highest BCUT2D eigenvalue weighted by Gasteiger charge is 2.24. The average Bonchev–Trinajstić information content (AvgIpc) is 3.12. The molecule has 0 spiro atoms. The van der Waals surface area contributed by atoms with Crippen LogP contribution in [0.25, 0.3) is 10.2 Å². The van der Waals surface area contributed by atoms with Crippen molar-refractivity contribution in [3.63, 3.8) is 0 Å². The molecule has 8 heteroatoms. The van der Waals surface area contributed by atoms with E-state index < -0.39 is 5.82 Å². The van der Waals surface area contributed by atoms with Gasteiger partial charge in [0, 0.05) is 11.2 Å². The normalized spacial score (nSPS) is 11.0. The lowest BCUT2D eigenvalue weighted by atomic mass is 10.2. The smallest absolute Gasteiger partial charge is 0.261 e. The molecule has 0 radical (unpaired) electrons. The van der Waals surface area contributed by atoms with E-state index in [9.17, 15) is 9.18 Å². The van der Waals surface area contributed by atoms with Crippen LogP contribution in [-0.4, -0.2) is 15.9 Å². The van der Waals surface area contributed by atoms with Crippen molar-refractivity contribution >= 4 is 55.8 Å². The number of hydrogen-bond acceptors (Lipinski definition) is 4. The van der Waals surface area contributed by atoms with Crippen LogP contribution in [0.2, 0.25) is 10.0 Å².